The molecular weight excluding hydrogens is 206 g/mol. The van der Waals surface area contributed by atoms with E-state index in [4.69, 9.17) is 0 Å². The summed E-state index contributed by atoms with van der Waals surface area (Å²) in [5.41, 5.74) is 1.36. The third kappa shape index (κ3) is 2.81. The van der Waals surface area contributed by atoms with Gasteiger partial charge in [0.1, 0.15) is 0 Å². The van der Waals surface area contributed by atoms with Crippen molar-refractivity contribution in [3.05, 3.63) is 16.3 Å². The van der Waals surface area contributed by atoms with E-state index < -0.39 is 0 Å². The number of hydrogen-bond donors (Lipinski definition) is 0. The highest BCUT2D eigenvalue weighted by molar-refractivity contribution is 7.12. The largest absolute Gasteiger partial charge is 0.371 e. The number of nitrogens with zero attached hydrogens (tertiary/aromatic N) is 1. The smallest absolute Gasteiger partial charge is 0.160 e. The number of carbonyl (C=O) groups excluding carboxylic acids is 1. The molecule has 1 atom stereocenters. The van der Waals surface area contributed by atoms with Gasteiger partial charge in [0, 0.05) is 24.2 Å². The third-order valence-electron chi connectivity index (χ3n) is 2.96. The zero-order valence-electron chi connectivity index (χ0n) is 10.1. The maximum atomic E-state index is 10.6. The monoisotopic (exact) mass is 225 g/mol. The molecule has 1 unspecified atom stereocenters. The Balaban J connectivity index is 2.84. The second-order valence-corrected chi connectivity index (χ2v) is 5.92. The Kier molecular flexibility index (Phi) is 3.55. The first kappa shape index (κ1) is 12.2. The number of rotatable bonds is 3. The van der Waals surface area contributed by atoms with E-state index in [1.807, 2.05) is 11.4 Å². The predicted molar refractivity (Wildman–Crippen MR) is 67.0 cm³/mol. The average Bonchev–Trinajstić information content (AvgIpc) is 2.62. The van der Waals surface area contributed by atoms with Crippen molar-refractivity contribution in [1.29, 1.82) is 0 Å². The lowest BCUT2D eigenvalue weighted by molar-refractivity contribution is 0.112. The van der Waals surface area contributed by atoms with Crippen molar-refractivity contribution in [2.24, 2.45) is 5.41 Å². The highest BCUT2D eigenvalue weighted by atomic mass is 32.1. The van der Waals surface area contributed by atoms with Gasteiger partial charge in [0.25, 0.3) is 0 Å². The number of carbonyl (C=O) groups is 1. The Morgan fingerprint density at radius 2 is 2.07 bits per heavy atom. The van der Waals surface area contributed by atoms with Gasteiger partial charge in [-0.25, -0.2) is 0 Å². The Morgan fingerprint density at radius 1 is 1.47 bits per heavy atom. The normalized spacial score (nSPS) is 13.7. The van der Waals surface area contributed by atoms with Gasteiger partial charge in [-0.1, -0.05) is 20.8 Å². The maximum absolute atomic E-state index is 10.6. The average molecular weight is 225 g/mol. The molecule has 0 aliphatic rings. The van der Waals surface area contributed by atoms with Gasteiger partial charge in [-0.15, -0.1) is 11.3 Å². The first-order valence-corrected chi connectivity index (χ1v) is 6.00. The third-order valence-corrected chi connectivity index (χ3v) is 3.81. The first-order valence-electron chi connectivity index (χ1n) is 5.13. The van der Waals surface area contributed by atoms with E-state index >= 15 is 0 Å². The second-order valence-electron chi connectivity index (χ2n) is 4.98. The van der Waals surface area contributed by atoms with Crippen LogP contribution in [0.4, 0.5) is 5.69 Å². The quantitative estimate of drug-likeness (QED) is 0.735. The van der Waals surface area contributed by atoms with E-state index in [0.29, 0.717) is 6.04 Å². The fourth-order valence-corrected chi connectivity index (χ4v) is 2.13. The summed E-state index contributed by atoms with van der Waals surface area (Å²) in [6, 6.07) is 2.38. The molecule has 2 nitrogen and oxygen atoms in total. The number of anilines is 1. The van der Waals surface area contributed by atoms with Gasteiger partial charge in [0.05, 0.1) is 4.88 Å². The van der Waals surface area contributed by atoms with E-state index in [1.54, 1.807) is 0 Å². The number of thiophene rings is 1. The van der Waals surface area contributed by atoms with E-state index in [-0.39, 0.29) is 5.41 Å². The summed E-state index contributed by atoms with van der Waals surface area (Å²) >= 11 is 1.50. The molecule has 1 heterocycles. The van der Waals surface area contributed by atoms with Crippen molar-refractivity contribution in [1.82, 2.24) is 0 Å². The molecule has 1 aromatic rings. The minimum atomic E-state index is 0.234. The molecule has 0 bridgehead atoms. The molecule has 3 heteroatoms. The maximum Gasteiger partial charge on any atom is 0.160 e. The summed E-state index contributed by atoms with van der Waals surface area (Å²) in [5.74, 6) is 0. The van der Waals surface area contributed by atoms with Crippen LogP contribution in [0, 0.1) is 5.41 Å². The van der Waals surface area contributed by atoms with Gasteiger partial charge in [0.2, 0.25) is 0 Å². The van der Waals surface area contributed by atoms with Gasteiger partial charge in [-0.3, -0.25) is 4.79 Å². The van der Waals surface area contributed by atoms with Gasteiger partial charge < -0.3 is 4.90 Å². The molecule has 0 saturated heterocycles. The van der Waals surface area contributed by atoms with Crippen LogP contribution in [0.2, 0.25) is 0 Å². The summed E-state index contributed by atoms with van der Waals surface area (Å²) in [6.45, 7) is 8.88. The van der Waals surface area contributed by atoms with Crippen molar-refractivity contribution >= 4 is 23.3 Å². The number of hydrogen-bond acceptors (Lipinski definition) is 3. The molecule has 0 N–H and O–H groups in total. The van der Waals surface area contributed by atoms with Crippen LogP contribution in [0.5, 0.6) is 0 Å². The molecule has 0 aliphatic carbocycles. The number of aldehydes is 1. The summed E-state index contributed by atoms with van der Waals surface area (Å²) in [5, 5.41) is 2.03. The Morgan fingerprint density at radius 3 is 2.47 bits per heavy atom. The predicted octanol–water partition coefficient (Wildman–Crippen LogP) is 3.43. The zero-order valence-corrected chi connectivity index (χ0v) is 10.9. The molecule has 0 fully saturated rings. The first-order chi connectivity index (χ1) is 6.86. The molecule has 0 aromatic carbocycles. The van der Waals surface area contributed by atoms with Crippen LogP contribution in [0.25, 0.3) is 0 Å². The topological polar surface area (TPSA) is 20.3 Å². The van der Waals surface area contributed by atoms with E-state index in [9.17, 15) is 4.79 Å². The summed E-state index contributed by atoms with van der Waals surface area (Å²) < 4.78 is 0. The van der Waals surface area contributed by atoms with Crippen LogP contribution in [0.15, 0.2) is 11.4 Å². The minimum Gasteiger partial charge on any atom is -0.371 e. The van der Waals surface area contributed by atoms with E-state index in [1.165, 1.54) is 11.3 Å². The van der Waals surface area contributed by atoms with Crippen LogP contribution in [-0.2, 0) is 0 Å². The lowest BCUT2D eigenvalue weighted by Crippen LogP contribution is -2.39. The fourth-order valence-electron chi connectivity index (χ4n) is 1.39. The summed E-state index contributed by atoms with van der Waals surface area (Å²) in [4.78, 5) is 13.6. The minimum absolute atomic E-state index is 0.234. The van der Waals surface area contributed by atoms with Crippen LogP contribution < -0.4 is 4.90 Å². The van der Waals surface area contributed by atoms with Crippen molar-refractivity contribution in [2.75, 3.05) is 11.9 Å². The molecule has 15 heavy (non-hydrogen) atoms. The highest BCUT2D eigenvalue weighted by Gasteiger charge is 2.24. The van der Waals surface area contributed by atoms with Crippen LogP contribution in [-0.4, -0.2) is 19.4 Å². The molecular formula is C12H19NOS. The van der Waals surface area contributed by atoms with Crippen molar-refractivity contribution in [3.8, 4) is 0 Å². The van der Waals surface area contributed by atoms with Gasteiger partial charge >= 0.3 is 0 Å². The summed E-state index contributed by atoms with van der Waals surface area (Å²) in [6.07, 6.45) is 0.907. The lowest BCUT2D eigenvalue weighted by atomic mass is 9.87. The van der Waals surface area contributed by atoms with Crippen molar-refractivity contribution in [3.63, 3.8) is 0 Å². The van der Waals surface area contributed by atoms with Gasteiger partial charge in [-0.05, 0) is 18.4 Å². The van der Waals surface area contributed by atoms with Crippen LogP contribution in [0.1, 0.15) is 37.4 Å². The van der Waals surface area contributed by atoms with Crippen molar-refractivity contribution in [2.45, 2.75) is 33.7 Å². The Bertz CT molecular complexity index is 338. The Labute approximate surface area is 95.9 Å². The molecule has 0 spiro atoms. The SMILES string of the molecule is CC(N(C)c1csc(C=O)c1)C(C)(C)C. The van der Waals surface area contributed by atoms with Gasteiger partial charge in [-0.2, -0.15) is 0 Å². The van der Waals surface area contributed by atoms with Crippen LogP contribution in [0.3, 0.4) is 0 Å². The highest BCUT2D eigenvalue weighted by Crippen LogP contribution is 2.29. The molecule has 0 radical (unpaired) electrons. The molecule has 1 rings (SSSR count). The second kappa shape index (κ2) is 4.35. The molecule has 0 amide bonds. The van der Waals surface area contributed by atoms with E-state index in [2.05, 4.69) is 39.6 Å². The zero-order chi connectivity index (χ0) is 11.6. The summed E-state index contributed by atoms with van der Waals surface area (Å²) in [7, 11) is 2.08. The van der Waals surface area contributed by atoms with Crippen LogP contribution >= 0.6 is 11.3 Å². The lowest BCUT2D eigenvalue weighted by Gasteiger charge is -2.36. The van der Waals surface area contributed by atoms with Gasteiger partial charge in [0.15, 0.2) is 6.29 Å². The van der Waals surface area contributed by atoms with E-state index in [0.717, 1.165) is 16.9 Å². The van der Waals surface area contributed by atoms with Crippen molar-refractivity contribution < 1.29 is 4.79 Å². The molecule has 1 aromatic heterocycles. The molecule has 0 saturated carbocycles. The molecule has 0 aliphatic heterocycles. The standard InChI is InChI=1S/C12H19NOS/c1-9(12(2,3)4)13(5)10-6-11(7-14)15-8-10/h6-9H,1-5H3. The fraction of sp³-hybridized carbons (Fsp3) is 0.583. The molecule has 84 valence electrons. The Hall–Kier alpha value is -0.830.